The first kappa shape index (κ1) is 27.3. The Kier molecular flexibility index (Phi) is 6.95. The number of aliphatic hydroxyl groups is 1. The fourth-order valence-electron chi connectivity index (χ4n) is 10.1. The second-order valence-corrected chi connectivity index (χ2v) is 15.0. The summed E-state index contributed by atoms with van der Waals surface area (Å²) in [5, 5.41) is 12.9. The van der Waals surface area contributed by atoms with Crippen molar-refractivity contribution in [1.82, 2.24) is 0 Å². The van der Waals surface area contributed by atoms with Crippen LogP contribution in [-0.4, -0.2) is 16.8 Å². The van der Waals surface area contributed by atoms with Crippen LogP contribution >= 0.6 is 0 Å². The maximum absolute atomic E-state index is 12.9. The summed E-state index contributed by atoms with van der Waals surface area (Å²) in [5.41, 5.74) is 0.704. The minimum absolute atomic E-state index is 0.0602. The summed E-state index contributed by atoms with van der Waals surface area (Å²) in [6, 6.07) is 0. The lowest BCUT2D eigenvalue weighted by atomic mass is 9.37. The second-order valence-electron chi connectivity index (χ2n) is 15.0. The number of allylic oxidation sites excluding steroid dienone is 2. The van der Waals surface area contributed by atoms with Crippen molar-refractivity contribution in [3.63, 3.8) is 0 Å². The third kappa shape index (κ3) is 3.81. The van der Waals surface area contributed by atoms with Gasteiger partial charge in [-0.3, -0.25) is 0 Å². The van der Waals surface area contributed by atoms with Crippen molar-refractivity contribution in [3.05, 3.63) is 24.0 Å². The zero-order chi connectivity index (χ0) is 26.0. The van der Waals surface area contributed by atoms with Crippen LogP contribution in [0.5, 0.6) is 0 Å². The molecule has 1 N–H and O–H groups in total. The zero-order valence-electron chi connectivity index (χ0n) is 24.6. The maximum Gasteiger partial charge on any atom is 0.105 e. The van der Waals surface area contributed by atoms with E-state index in [-0.39, 0.29) is 27.8 Å². The minimum Gasteiger partial charge on any atom is -0.495 e. The molecule has 2 heteroatoms. The third-order valence-electron chi connectivity index (χ3n) is 12.4. The van der Waals surface area contributed by atoms with Crippen molar-refractivity contribution < 1.29 is 9.84 Å². The van der Waals surface area contributed by atoms with Crippen molar-refractivity contribution in [2.45, 2.75) is 138 Å². The van der Waals surface area contributed by atoms with Gasteiger partial charge in [0.25, 0.3) is 0 Å². The van der Waals surface area contributed by atoms with E-state index in [1.54, 1.807) is 5.57 Å². The first-order chi connectivity index (χ1) is 16.1. The van der Waals surface area contributed by atoms with Gasteiger partial charge in [0.2, 0.25) is 0 Å². The third-order valence-corrected chi connectivity index (χ3v) is 12.4. The molecule has 0 saturated heterocycles. The van der Waals surface area contributed by atoms with E-state index in [1.807, 2.05) is 6.92 Å². The van der Waals surface area contributed by atoms with Crippen LogP contribution in [0, 0.1) is 45.3 Å². The van der Waals surface area contributed by atoms with E-state index in [0.29, 0.717) is 17.8 Å². The van der Waals surface area contributed by atoms with Gasteiger partial charge in [-0.15, -0.1) is 0 Å². The highest BCUT2D eigenvalue weighted by Gasteiger charge is 2.73. The summed E-state index contributed by atoms with van der Waals surface area (Å²) in [4.78, 5) is 0. The van der Waals surface area contributed by atoms with Crippen molar-refractivity contribution in [1.29, 1.82) is 0 Å². The molecule has 9 atom stereocenters. The molecule has 4 aliphatic rings. The van der Waals surface area contributed by atoms with E-state index in [2.05, 4.69) is 68.0 Å². The topological polar surface area (TPSA) is 29.5 Å². The monoisotopic (exact) mass is 484 g/mol. The van der Waals surface area contributed by atoms with Gasteiger partial charge in [-0.25, -0.2) is 0 Å². The van der Waals surface area contributed by atoms with Gasteiger partial charge in [0.1, 0.15) is 6.10 Å². The lowest BCUT2D eigenvalue weighted by Gasteiger charge is -2.69. The Labute approximate surface area is 217 Å². The Bertz CT molecular complexity index is 857. The van der Waals surface area contributed by atoms with E-state index < -0.39 is 5.60 Å². The summed E-state index contributed by atoms with van der Waals surface area (Å²) >= 11 is 0. The van der Waals surface area contributed by atoms with E-state index >= 15 is 0 Å². The van der Waals surface area contributed by atoms with Crippen LogP contribution in [0.1, 0.15) is 127 Å². The molecule has 200 valence electrons. The molecule has 4 rings (SSSR count). The number of ether oxygens (including phenoxy) is 1. The molecular weight excluding hydrogens is 428 g/mol. The van der Waals surface area contributed by atoms with Gasteiger partial charge in [0, 0.05) is 16.2 Å². The minimum atomic E-state index is -0.675. The molecule has 0 aliphatic heterocycles. The lowest BCUT2D eigenvalue weighted by Crippen LogP contribution is -2.68. The predicted molar refractivity (Wildman–Crippen MR) is 148 cm³/mol. The zero-order valence-corrected chi connectivity index (χ0v) is 24.6. The van der Waals surface area contributed by atoms with Crippen molar-refractivity contribution in [2.24, 2.45) is 45.3 Å². The molecule has 3 saturated carbocycles. The van der Waals surface area contributed by atoms with E-state index in [1.165, 1.54) is 38.5 Å². The van der Waals surface area contributed by atoms with Crippen molar-refractivity contribution >= 4 is 0 Å². The number of hydrogen-bond acceptors (Lipinski definition) is 2. The van der Waals surface area contributed by atoms with Gasteiger partial charge >= 0.3 is 0 Å². The average Bonchev–Trinajstić information content (AvgIpc) is 3.02. The highest BCUT2D eigenvalue weighted by Crippen LogP contribution is 2.75. The largest absolute Gasteiger partial charge is 0.495 e. The van der Waals surface area contributed by atoms with E-state index in [4.69, 9.17) is 4.74 Å². The van der Waals surface area contributed by atoms with Crippen LogP contribution in [0.2, 0.25) is 0 Å². The molecule has 0 heterocycles. The molecule has 0 amide bonds. The Hall–Kier alpha value is -0.760. The quantitative estimate of drug-likeness (QED) is 0.288. The van der Waals surface area contributed by atoms with Crippen LogP contribution in [-0.2, 0) is 4.74 Å². The molecule has 0 aromatic rings. The first-order valence-electron chi connectivity index (χ1n) is 14.9. The maximum atomic E-state index is 12.9. The SMILES string of the molecule is C=C(C)O[C@@H]1C[C@]2(C)C(=CC[C@]3(C)[C@@H]([C@H](C)CCCC(C)C)CC[C@@]23O)[C@@]2(C)CC[C@H](C)C[C@]12C. The molecule has 0 bridgehead atoms. The molecule has 2 nitrogen and oxygen atoms in total. The molecule has 0 radical (unpaired) electrons. The van der Waals surface area contributed by atoms with Gasteiger partial charge in [0.15, 0.2) is 0 Å². The highest BCUT2D eigenvalue weighted by molar-refractivity contribution is 5.40. The van der Waals surface area contributed by atoms with Gasteiger partial charge < -0.3 is 9.84 Å². The van der Waals surface area contributed by atoms with Gasteiger partial charge in [-0.2, -0.15) is 0 Å². The fourth-order valence-corrected chi connectivity index (χ4v) is 10.1. The molecule has 3 fully saturated rings. The summed E-state index contributed by atoms with van der Waals surface area (Å²) in [6.45, 7) is 25.6. The van der Waals surface area contributed by atoms with E-state index in [9.17, 15) is 5.11 Å². The van der Waals surface area contributed by atoms with Gasteiger partial charge in [-0.05, 0) is 81.0 Å². The Balaban J connectivity index is 1.74. The molecule has 0 spiro atoms. The summed E-state index contributed by atoms with van der Waals surface area (Å²) in [7, 11) is 0. The Morgan fingerprint density at radius 2 is 1.71 bits per heavy atom. The summed E-state index contributed by atoms with van der Waals surface area (Å²) < 4.78 is 6.63. The number of hydrogen-bond donors (Lipinski definition) is 1. The van der Waals surface area contributed by atoms with Crippen LogP contribution in [0.4, 0.5) is 0 Å². The lowest BCUT2D eigenvalue weighted by molar-refractivity contribution is -0.218. The van der Waals surface area contributed by atoms with Crippen LogP contribution in [0.15, 0.2) is 24.0 Å². The summed E-state index contributed by atoms with van der Waals surface area (Å²) in [5.74, 6) is 3.56. The fraction of sp³-hybridized carbons (Fsp3) is 0.879. The molecule has 35 heavy (non-hydrogen) atoms. The van der Waals surface area contributed by atoms with Crippen molar-refractivity contribution in [3.8, 4) is 0 Å². The normalized spacial score (nSPS) is 48.0. The molecule has 0 aromatic carbocycles. The molecule has 4 aliphatic carbocycles. The molecule has 0 aromatic heterocycles. The standard InChI is InChI=1S/C33H56O2/c1-22(2)12-11-13-25(6)26-15-19-33(34)29(26,7)18-16-27-30(8)17-14-24(5)20-32(30,10)28(35-23(3)4)21-31(27,33)9/h16,22,24-26,28,34H,3,11-15,17-21H2,1-2,4-10H3/t24-,25+,26+,28+,29+,30+,31+,32+,33-/m0/s1. The number of fused-ring (bicyclic) bond motifs is 5. The van der Waals surface area contributed by atoms with Crippen LogP contribution < -0.4 is 0 Å². The van der Waals surface area contributed by atoms with Gasteiger partial charge in [0.05, 0.1) is 11.4 Å². The second kappa shape index (κ2) is 8.92. The van der Waals surface area contributed by atoms with Crippen LogP contribution in [0.25, 0.3) is 0 Å². The number of rotatable bonds is 7. The average molecular weight is 485 g/mol. The van der Waals surface area contributed by atoms with Gasteiger partial charge in [-0.1, -0.05) is 92.9 Å². The highest BCUT2D eigenvalue weighted by atomic mass is 16.5. The molecular formula is C33H56O2. The van der Waals surface area contributed by atoms with Crippen LogP contribution in [0.3, 0.4) is 0 Å². The Morgan fingerprint density at radius 3 is 2.34 bits per heavy atom. The smallest absolute Gasteiger partial charge is 0.105 e. The van der Waals surface area contributed by atoms with E-state index in [0.717, 1.165) is 37.4 Å². The first-order valence-corrected chi connectivity index (χ1v) is 14.9. The Morgan fingerprint density at radius 1 is 1.03 bits per heavy atom. The summed E-state index contributed by atoms with van der Waals surface area (Å²) in [6.07, 6.45) is 14.3. The molecule has 0 unspecified atom stereocenters. The predicted octanol–water partition coefficient (Wildman–Crippen LogP) is 9.09. The van der Waals surface area contributed by atoms with Crippen molar-refractivity contribution in [2.75, 3.05) is 0 Å².